The minimum Gasteiger partial charge on any atom is -0.508 e. The van der Waals surface area contributed by atoms with E-state index in [0.29, 0.717) is 10.9 Å². The van der Waals surface area contributed by atoms with Crippen molar-refractivity contribution in [3.63, 3.8) is 0 Å². The van der Waals surface area contributed by atoms with E-state index < -0.39 is 0 Å². The van der Waals surface area contributed by atoms with Crippen LogP contribution in [0.2, 0.25) is 0 Å². The minimum atomic E-state index is -0.229. The lowest BCUT2D eigenvalue weighted by Crippen LogP contribution is -2.10. The second-order valence-corrected chi connectivity index (χ2v) is 4.94. The summed E-state index contributed by atoms with van der Waals surface area (Å²) in [5.74, 6) is 0.0987. The lowest BCUT2D eigenvalue weighted by molar-refractivity contribution is 0.0995. The summed E-state index contributed by atoms with van der Waals surface area (Å²) in [4.78, 5) is 11.4. The molecule has 1 aromatic rings. The number of rotatable bonds is 3. The predicted octanol–water partition coefficient (Wildman–Crippen LogP) is 3.25. The van der Waals surface area contributed by atoms with Crippen LogP contribution < -0.4 is 0 Å². The average Bonchev–Trinajstić information content (AvgIpc) is 2.15. The predicted molar refractivity (Wildman–Crippen MR) is 63.5 cm³/mol. The maximum absolute atomic E-state index is 11.6. The number of aromatic hydroxyl groups is 1. The third-order valence-corrected chi connectivity index (χ3v) is 2.84. The number of carbonyl (C=O) groups is 1. The highest BCUT2D eigenvalue weighted by Crippen LogP contribution is 2.20. The molecular formula is C10H10Br2O2. The van der Waals surface area contributed by atoms with E-state index in [9.17, 15) is 9.90 Å². The molecule has 76 valence electrons. The number of hydrogen-bond donors (Lipinski definition) is 1. The van der Waals surface area contributed by atoms with Crippen molar-refractivity contribution >= 4 is 37.6 Å². The summed E-state index contributed by atoms with van der Waals surface area (Å²) in [6.45, 7) is 1.76. The molecule has 0 radical (unpaired) electrons. The van der Waals surface area contributed by atoms with Crippen LogP contribution in [0.4, 0.5) is 0 Å². The van der Waals surface area contributed by atoms with Crippen molar-refractivity contribution in [1.29, 1.82) is 0 Å². The Bertz CT molecular complexity index is 348. The van der Waals surface area contributed by atoms with Gasteiger partial charge in [-0.3, -0.25) is 4.79 Å². The van der Waals surface area contributed by atoms with Crippen molar-refractivity contribution in [2.75, 3.05) is 0 Å². The van der Waals surface area contributed by atoms with Gasteiger partial charge < -0.3 is 5.11 Å². The highest BCUT2D eigenvalue weighted by Gasteiger charge is 2.13. The first-order valence-electron chi connectivity index (χ1n) is 4.11. The minimum absolute atomic E-state index is 0.0249. The number of benzene rings is 1. The zero-order valence-electron chi connectivity index (χ0n) is 7.63. The molecular weight excluding hydrogens is 312 g/mol. The molecule has 14 heavy (non-hydrogen) atoms. The number of alkyl halides is 2. The Balaban J connectivity index is 3.09. The van der Waals surface area contributed by atoms with Crippen molar-refractivity contribution < 1.29 is 9.90 Å². The summed E-state index contributed by atoms with van der Waals surface area (Å²) < 4.78 is 0. The van der Waals surface area contributed by atoms with Gasteiger partial charge in [0, 0.05) is 10.9 Å². The molecule has 0 saturated carbocycles. The molecule has 1 atom stereocenters. The zero-order chi connectivity index (χ0) is 10.7. The lowest BCUT2D eigenvalue weighted by Gasteiger charge is -2.05. The van der Waals surface area contributed by atoms with Crippen LogP contribution in [0.5, 0.6) is 5.75 Å². The SMILES string of the molecule is CC(Br)C(=O)c1cc(O)cc(CBr)c1. The number of hydrogen-bond acceptors (Lipinski definition) is 2. The normalized spacial score (nSPS) is 12.5. The number of halogens is 2. The molecule has 0 aliphatic rings. The van der Waals surface area contributed by atoms with Crippen molar-refractivity contribution in [3.05, 3.63) is 29.3 Å². The van der Waals surface area contributed by atoms with Gasteiger partial charge in [-0.2, -0.15) is 0 Å². The Labute approximate surface area is 99.6 Å². The largest absolute Gasteiger partial charge is 0.508 e. The summed E-state index contributed by atoms with van der Waals surface area (Å²) in [6.07, 6.45) is 0. The number of ketones is 1. The molecule has 0 aliphatic carbocycles. The fourth-order valence-corrected chi connectivity index (χ4v) is 1.71. The number of Topliss-reactive ketones (excluding diaryl/α,β-unsaturated/α-hetero) is 1. The zero-order valence-corrected chi connectivity index (χ0v) is 10.8. The summed E-state index contributed by atoms with van der Waals surface area (Å²) in [7, 11) is 0. The average molecular weight is 322 g/mol. The third kappa shape index (κ3) is 2.82. The highest BCUT2D eigenvalue weighted by atomic mass is 79.9. The van der Waals surface area contributed by atoms with Crippen molar-refractivity contribution in [2.45, 2.75) is 17.1 Å². The van der Waals surface area contributed by atoms with E-state index in [0.717, 1.165) is 5.56 Å². The van der Waals surface area contributed by atoms with E-state index in [2.05, 4.69) is 31.9 Å². The Kier molecular flexibility index (Phi) is 4.13. The van der Waals surface area contributed by atoms with E-state index >= 15 is 0 Å². The van der Waals surface area contributed by atoms with Gasteiger partial charge in [0.2, 0.25) is 0 Å². The van der Waals surface area contributed by atoms with Gasteiger partial charge in [-0.15, -0.1) is 0 Å². The van der Waals surface area contributed by atoms with E-state index in [1.807, 2.05) is 0 Å². The van der Waals surface area contributed by atoms with Crippen LogP contribution in [-0.4, -0.2) is 15.7 Å². The van der Waals surface area contributed by atoms with Gasteiger partial charge in [-0.25, -0.2) is 0 Å². The van der Waals surface area contributed by atoms with Crippen LogP contribution >= 0.6 is 31.9 Å². The Hall–Kier alpha value is -0.350. The number of carbonyl (C=O) groups excluding carboxylic acids is 1. The van der Waals surface area contributed by atoms with Gasteiger partial charge in [0.05, 0.1) is 4.83 Å². The summed E-state index contributed by atoms with van der Waals surface area (Å²) in [6, 6.07) is 4.88. The third-order valence-electron chi connectivity index (χ3n) is 1.78. The molecule has 2 nitrogen and oxygen atoms in total. The first kappa shape index (κ1) is 11.7. The number of phenols is 1. The van der Waals surface area contributed by atoms with Crippen LogP contribution in [0.25, 0.3) is 0 Å². The van der Waals surface area contributed by atoms with Gasteiger partial charge >= 0.3 is 0 Å². The van der Waals surface area contributed by atoms with Gasteiger partial charge in [-0.1, -0.05) is 31.9 Å². The molecule has 0 fully saturated rings. The summed E-state index contributed by atoms with van der Waals surface area (Å²) >= 11 is 6.48. The van der Waals surface area contributed by atoms with E-state index in [1.54, 1.807) is 19.1 Å². The Morgan fingerprint density at radius 1 is 1.50 bits per heavy atom. The fraction of sp³-hybridized carbons (Fsp3) is 0.300. The molecule has 0 aliphatic heterocycles. The van der Waals surface area contributed by atoms with Crippen LogP contribution in [0.1, 0.15) is 22.8 Å². The van der Waals surface area contributed by atoms with Gasteiger partial charge in [-0.05, 0) is 30.7 Å². The Morgan fingerprint density at radius 2 is 2.14 bits per heavy atom. The maximum Gasteiger partial charge on any atom is 0.176 e. The van der Waals surface area contributed by atoms with Gasteiger partial charge in [0.1, 0.15) is 5.75 Å². The van der Waals surface area contributed by atoms with E-state index in [4.69, 9.17) is 0 Å². The van der Waals surface area contributed by atoms with E-state index in [1.165, 1.54) is 6.07 Å². The highest BCUT2D eigenvalue weighted by molar-refractivity contribution is 9.10. The van der Waals surface area contributed by atoms with Gasteiger partial charge in [0.15, 0.2) is 5.78 Å². The van der Waals surface area contributed by atoms with Crippen molar-refractivity contribution in [1.82, 2.24) is 0 Å². The molecule has 1 aromatic carbocycles. The summed E-state index contributed by atoms with van der Waals surface area (Å²) in [5.41, 5.74) is 1.42. The molecule has 0 saturated heterocycles. The molecule has 1 N–H and O–H groups in total. The molecule has 0 bridgehead atoms. The standard InChI is InChI=1S/C10H10Br2O2/c1-6(12)10(14)8-2-7(5-11)3-9(13)4-8/h2-4,6,13H,5H2,1H3. The first-order valence-corrected chi connectivity index (χ1v) is 6.15. The molecule has 4 heteroatoms. The van der Waals surface area contributed by atoms with Crippen LogP contribution in [-0.2, 0) is 5.33 Å². The van der Waals surface area contributed by atoms with E-state index in [-0.39, 0.29) is 16.4 Å². The van der Waals surface area contributed by atoms with Crippen LogP contribution in [0.3, 0.4) is 0 Å². The molecule has 1 rings (SSSR count). The second kappa shape index (κ2) is 4.94. The fourth-order valence-electron chi connectivity index (χ4n) is 1.12. The molecule has 1 unspecified atom stereocenters. The molecule has 0 amide bonds. The lowest BCUT2D eigenvalue weighted by atomic mass is 10.1. The second-order valence-electron chi connectivity index (χ2n) is 3.00. The Morgan fingerprint density at radius 3 is 2.64 bits per heavy atom. The maximum atomic E-state index is 11.6. The monoisotopic (exact) mass is 320 g/mol. The molecule has 0 heterocycles. The van der Waals surface area contributed by atoms with Crippen molar-refractivity contribution in [2.24, 2.45) is 0 Å². The summed E-state index contributed by atoms with van der Waals surface area (Å²) in [5, 5.41) is 9.99. The first-order chi connectivity index (χ1) is 6.54. The number of phenolic OH excluding ortho intramolecular Hbond substituents is 1. The van der Waals surface area contributed by atoms with Crippen LogP contribution in [0, 0.1) is 0 Å². The molecule has 0 aromatic heterocycles. The quantitative estimate of drug-likeness (QED) is 0.685. The van der Waals surface area contributed by atoms with Crippen molar-refractivity contribution in [3.8, 4) is 5.75 Å². The molecule has 0 spiro atoms. The smallest absolute Gasteiger partial charge is 0.176 e. The van der Waals surface area contributed by atoms with Crippen LogP contribution in [0.15, 0.2) is 18.2 Å². The topological polar surface area (TPSA) is 37.3 Å². The van der Waals surface area contributed by atoms with Gasteiger partial charge in [0.25, 0.3) is 0 Å².